The van der Waals surface area contributed by atoms with Gasteiger partial charge >= 0.3 is 0 Å². The average molecular weight is 315 g/mol. The lowest BCUT2D eigenvalue weighted by Gasteiger charge is -2.06. The lowest BCUT2D eigenvalue weighted by molar-refractivity contribution is -0.113. The molecule has 0 atom stereocenters. The van der Waals surface area contributed by atoms with Crippen LogP contribution in [0, 0.1) is 11.6 Å². The fourth-order valence-electron chi connectivity index (χ4n) is 1.38. The van der Waals surface area contributed by atoms with Gasteiger partial charge in [0.1, 0.15) is 11.6 Å². The Morgan fingerprint density at radius 2 is 2.14 bits per heavy atom. The van der Waals surface area contributed by atoms with Crippen LogP contribution in [0.5, 0.6) is 0 Å². The fraction of sp³-hybridized carbons (Fsp3) is 0.100. The van der Waals surface area contributed by atoms with E-state index in [4.69, 9.17) is 11.7 Å². The van der Waals surface area contributed by atoms with Crippen LogP contribution >= 0.6 is 11.8 Å². The number of nitrogens with one attached hydrogen (secondary N) is 2. The fourth-order valence-corrected chi connectivity index (χ4v) is 2.04. The second-order valence-electron chi connectivity index (χ2n) is 3.78. The molecule has 11 heteroatoms. The molecule has 2 rings (SSSR count). The molecule has 2 aromatic rings. The smallest absolute Gasteiger partial charge is 0.258 e. The molecule has 21 heavy (non-hydrogen) atoms. The van der Waals surface area contributed by atoms with Crippen LogP contribution in [-0.2, 0) is 4.79 Å². The van der Waals surface area contributed by atoms with Gasteiger partial charge in [-0.25, -0.2) is 19.3 Å². The van der Waals surface area contributed by atoms with Crippen LogP contribution in [-0.4, -0.2) is 26.5 Å². The van der Waals surface area contributed by atoms with Gasteiger partial charge in [-0.2, -0.15) is 0 Å². The molecule has 0 bridgehead atoms. The summed E-state index contributed by atoms with van der Waals surface area (Å²) in [7, 11) is 0. The van der Waals surface area contributed by atoms with Crippen molar-refractivity contribution < 1.29 is 13.6 Å². The number of hydrazine groups is 1. The van der Waals surface area contributed by atoms with Gasteiger partial charge in [0.25, 0.3) is 5.95 Å². The topological polar surface area (TPSA) is 124 Å². The van der Waals surface area contributed by atoms with Gasteiger partial charge in [0.2, 0.25) is 11.1 Å². The van der Waals surface area contributed by atoms with E-state index in [0.717, 1.165) is 34.6 Å². The highest BCUT2D eigenvalue weighted by Gasteiger charge is 2.13. The third-order valence-electron chi connectivity index (χ3n) is 2.33. The first-order valence-electron chi connectivity index (χ1n) is 5.56. The summed E-state index contributed by atoms with van der Waals surface area (Å²) in [5.74, 6) is 8.79. The van der Waals surface area contributed by atoms with Crippen LogP contribution in [0.4, 0.5) is 20.4 Å². The second-order valence-corrected chi connectivity index (χ2v) is 4.72. The predicted molar refractivity (Wildman–Crippen MR) is 73.7 cm³/mol. The van der Waals surface area contributed by atoms with Crippen molar-refractivity contribution in [2.75, 3.05) is 22.3 Å². The summed E-state index contributed by atoms with van der Waals surface area (Å²) in [6, 6.07) is 2.77. The van der Waals surface area contributed by atoms with Gasteiger partial charge in [0.15, 0.2) is 0 Å². The Bertz CT molecular complexity index is 663. The zero-order chi connectivity index (χ0) is 15.4. The minimum absolute atomic E-state index is 0.115. The maximum absolute atomic E-state index is 13.3. The summed E-state index contributed by atoms with van der Waals surface area (Å²) in [6.45, 7) is 0. The molecule has 1 aromatic carbocycles. The normalized spacial score (nSPS) is 10.4. The number of benzene rings is 1. The minimum atomic E-state index is -0.730. The Hall–Kier alpha value is -2.40. The summed E-state index contributed by atoms with van der Waals surface area (Å²) < 4.78 is 27.4. The van der Waals surface area contributed by atoms with E-state index in [1.165, 1.54) is 0 Å². The van der Waals surface area contributed by atoms with Crippen molar-refractivity contribution in [3.63, 3.8) is 0 Å². The van der Waals surface area contributed by atoms with E-state index in [1.807, 2.05) is 0 Å². The minimum Gasteiger partial charge on any atom is -0.334 e. The van der Waals surface area contributed by atoms with E-state index >= 15 is 0 Å². The van der Waals surface area contributed by atoms with Crippen molar-refractivity contribution in [3.05, 3.63) is 29.8 Å². The number of carbonyl (C=O) groups is 1. The summed E-state index contributed by atoms with van der Waals surface area (Å²) in [6.07, 6.45) is 0. The van der Waals surface area contributed by atoms with E-state index in [9.17, 15) is 13.6 Å². The number of carbonyl (C=O) groups excluding carboxylic acids is 1. The van der Waals surface area contributed by atoms with Gasteiger partial charge in [0, 0.05) is 6.07 Å². The summed E-state index contributed by atoms with van der Waals surface area (Å²) in [5.41, 5.74) is 1.98. The number of anilines is 2. The van der Waals surface area contributed by atoms with Crippen LogP contribution in [0.1, 0.15) is 0 Å². The molecule has 1 heterocycles. The summed E-state index contributed by atoms with van der Waals surface area (Å²) >= 11 is 0.961. The van der Waals surface area contributed by atoms with Crippen molar-refractivity contribution >= 4 is 29.3 Å². The molecule has 0 unspecified atom stereocenters. The quantitative estimate of drug-likeness (QED) is 0.355. The first kappa shape index (κ1) is 15.0. The zero-order valence-corrected chi connectivity index (χ0v) is 11.3. The zero-order valence-electron chi connectivity index (χ0n) is 10.5. The average Bonchev–Trinajstić information content (AvgIpc) is 2.81. The van der Waals surface area contributed by atoms with Crippen molar-refractivity contribution in [3.8, 4) is 0 Å². The molecule has 0 fully saturated rings. The largest absolute Gasteiger partial charge is 0.334 e. The van der Waals surface area contributed by atoms with Crippen molar-refractivity contribution in [2.24, 2.45) is 5.84 Å². The van der Waals surface area contributed by atoms with Gasteiger partial charge in [0.05, 0.1) is 11.4 Å². The number of nitrogens with zero attached hydrogens (tertiary/aromatic N) is 3. The van der Waals surface area contributed by atoms with Crippen LogP contribution in [0.15, 0.2) is 23.4 Å². The number of hydrogen-bond acceptors (Lipinski definition) is 7. The van der Waals surface area contributed by atoms with Gasteiger partial charge in [-0.05, 0) is 12.1 Å². The van der Waals surface area contributed by atoms with E-state index < -0.39 is 17.5 Å². The molecular formula is C10H11F2N7OS. The molecule has 8 nitrogen and oxygen atoms in total. The maximum atomic E-state index is 13.3. The van der Waals surface area contributed by atoms with Crippen molar-refractivity contribution in [1.29, 1.82) is 0 Å². The molecule has 0 saturated carbocycles. The van der Waals surface area contributed by atoms with E-state index in [2.05, 4.69) is 20.9 Å². The van der Waals surface area contributed by atoms with Crippen LogP contribution < -0.4 is 22.4 Å². The van der Waals surface area contributed by atoms with Crippen molar-refractivity contribution in [2.45, 2.75) is 5.16 Å². The standard InChI is InChI=1S/C10H11F2N7OS/c11-5-1-2-6(12)7(3-5)15-8(20)4-21-10-18-17-9(16-13)19(10)14/h1-3H,4,13-14H2,(H,15,20)(H,16,17). The molecule has 112 valence electrons. The molecule has 0 saturated heterocycles. The van der Waals surface area contributed by atoms with Gasteiger partial charge in [-0.1, -0.05) is 11.8 Å². The summed E-state index contributed by atoms with van der Waals surface area (Å²) in [4.78, 5) is 11.7. The Morgan fingerprint density at radius 1 is 1.38 bits per heavy atom. The SMILES string of the molecule is NNc1nnc(SCC(=O)Nc2cc(F)ccc2F)n1N. The number of hydrogen-bond donors (Lipinski definition) is 4. The number of nitrogen functional groups attached to an aromatic ring is 2. The number of rotatable bonds is 5. The highest BCUT2D eigenvalue weighted by Crippen LogP contribution is 2.18. The molecule has 0 aliphatic carbocycles. The number of halogens is 2. The number of thioether (sulfide) groups is 1. The van der Waals surface area contributed by atoms with E-state index in [1.54, 1.807) is 0 Å². The third-order valence-corrected chi connectivity index (χ3v) is 3.27. The first-order chi connectivity index (χ1) is 10.0. The van der Waals surface area contributed by atoms with Gasteiger partial charge in [-0.3, -0.25) is 10.2 Å². The highest BCUT2D eigenvalue weighted by molar-refractivity contribution is 7.99. The lowest BCUT2D eigenvalue weighted by atomic mass is 10.3. The third kappa shape index (κ3) is 3.58. The Labute approximate surface area is 121 Å². The number of nitrogens with two attached hydrogens (primary N) is 2. The maximum Gasteiger partial charge on any atom is 0.258 e. The van der Waals surface area contributed by atoms with Crippen LogP contribution in [0.25, 0.3) is 0 Å². The molecule has 0 spiro atoms. The molecule has 0 radical (unpaired) electrons. The van der Waals surface area contributed by atoms with Crippen molar-refractivity contribution in [1.82, 2.24) is 14.9 Å². The molecule has 0 aliphatic heterocycles. The Balaban J connectivity index is 1.96. The van der Waals surface area contributed by atoms with Crippen LogP contribution in [0.2, 0.25) is 0 Å². The highest BCUT2D eigenvalue weighted by atomic mass is 32.2. The van der Waals surface area contributed by atoms with E-state index in [-0.39, 0.29) is 22.5 Å². The number of amides is 1. The Kier molecular flexibility index (Phi) is 4.55. The Morgan fingerprint density at radius 3 is 2.81 bits per heavy atom. The van der Waals surface area contributed by atoms with Gasteiger partial charge < -0.3 is 11.2 Å². The monoisotopic (exact) mass is 315 g/mol. The van der Waals surface area contributed by atoms with E-state index in [0.29, 0.717) is 0 Å². The predicted octanol–water partition coefficient (Wildman–Crippen LogP) is 0.286. The second kappa shape index (κ2) is 6.37. The number of aromatic nitrogens is 3. The summed E-state index contributed by atoms with van der Waals surface area (Å²) in [5, 5.41) is 9.79. The van der Waals surface area contributed by atoms with Gasteiger partial charge in [-0.15, -0.1) is 10.2 Å². The molecule has 0 aliphatic rings. The molecule has 6 N–H and O–H groups in total. The first-order valence-corrected chi connectivity index (χ1v) is 6.54. The lowest BCUT2D eigenvalue weighted by Crippen LogP contribution is -2.20. The molecular weight excluding hydrogens is 304 g/mol. The molecule has 1 aromatic heterocycles. The molecule has 1 amide bonds. The van der Waals surface area contributed by atoms with Crippen LogP contribution in [0.3, 0.4) is 0 Å².